The van der Waals surface area contributed by atoms with Crippen LogP contribution in [0.15, 0.2) is 73.1 Å². The van der Waals surface area contributed by atoms with E-state index in [9.17, 15) is 9.18 Å². The fourth-order valence-electron chi connectivity index (χ4n) is 3.82. The number of imidazole rings is 1. The highest BCUT2D eigenvalue weighted by atomic mass is 19.1. The van der Waals surface area contributed by atoms with Crippen LogP contribution >= 0.6 is 0 Å². The maximum atomic E-state index is 13.3. The number of hydrogen-bond donors (Lipinski definition) is 1. The van der Waals surface area contributed by atoms with Gasteiger partial charge in [0.25, 0.3) is 5.91 Å². The van der Waals surface area contributed by atoms with Gasteiger partial charge in [-0.3, -0.25) is 9.48 Å². The number of fused-ring (bicyclic) bond motifs is 1. The fourth-order valence-corrected chi connectivity index (χ4v) is 3.82. The molecule has 0 atom stereocenters. The van der Waals surface area contributed by atoms with Gasteiger partial charge in [-0.1, -0.05) is 0 Å². The van der Waals surface area contributed by atoms with Gasteiger partial charge in [0, 0.05) is 30.6 Å². The van der Waals surface area contributed by atoms with Gasteiger partial charge < -0.3 is 14.5 Å². The second-order valence-corrected chi connectivity index (χ2v) is 8.01. The Kier molecular flexibility index (Phi) is 5.33. The third-order valence-corrected chi connectivity index (χ3v) is 5.61. The molecule has 3 heterocycles. The van der Waals surface area contributed by atoms with Crippen molar-refractivity contribution >= 4 is 17.2 Å². The van der Waals surface area contributed by atoms with Crippen molar-refractivity contribution in [2.75, 3.05) is 12.4 Å². The monoisotopic (exact) mass is 455 g/mol. The number of hydrogen-bond acceptors (Lipinski definition) is 4. The number of amides is 1. The molecule has 0 saturated heterocycles. The molecular weight excluding hydrogens is 433 g/mol. The van der Waals surface area contributed by atoms with E-state index < -0.39 is 0 Å². The topological polar surface area (TPSA) is 73.5 Å². The number of benzene rings is 2. The first-order valence-corrected chi connectivity index (χ1v) is 10.7. The second-order valence-electron chi connectivity index (χ2n) is 8.01. The molecule has 7 nitrogen and oxygen atoms in total. The maximum absolute atomic E-state index is 13.3. The summed E-state index contributed by atoms with van der Waals surface area (Å²) in [5, 5.41) is 7.33. The standard InChI is InChI=1S/C26H22FN5O2/c1-16-10-11-32-15-22(28-25(32)12-16)18-6-9-24(34-3)21(13-18)29-26(33)23-14-20(30-31(23)2)17-4-7-19(27)8-5-17/h4-15H,1-3H3,(H,29,33). The normalized spacial score (nSPS) is 11.1. The van der Waals surface area contributed by atoms with Gasteiger partial charge in [0.15, 0.2) is 0 Å². The van der Waals surface area contributed by atoms with Crippen molar-refractivity contribution in [3.63, 3.8) is 0 Å². The summed E-state index contributed by atoms with van der Waals surface area (Å²) in [5.41, 5.74) is 5.77. The van der Waals surface area contributed by atoms with Crippen LogP contribution < -0.4 is 10.1 Å². The first kappa shape index (κ1) is 21.4. The van der Waals surface area contributed by atoms with Crippen LogP contribution in [0.2, 0.25) is 0 Å². The highest BCUT2D eigenvalue weighted by Crippen LogP contribution is 2.31. The predicted molar refractivity (Wildman–Crippen MR) is 128 cm³/mol. The number of nitrogens with one attached hydrogen (secondary N) is 1. The number of methoxy groups -OCH3 is 1. The highest BCUT2D eigenvalue weighted by molar-refractivity contribution is 6.04. The van der Waals surface area contributed by atoms with E-state index >= 15 is 0 Å². The third-order valence-electron chi connectivity index (χ3n) is 5.61. The van der Waals surface area contributed by atoms with Crippen LogP contribution in [-0.2, 0) is 7.05 Å². The van der Waals surface area contributed by atoms with E-state index in [2.05, 4.69) is 10.4 Å². The first-order valence-electron chi connectivity index (χ1n) is 10.7. The lowest BCUT2D eigenvalue weighted by atomic mass is 10.1. The van der Waals surface area contributed by atoms with Crippen molar-refractivity contribution < 1.29 is 13.9 Å². The van der Waals surface area contributed by atoms with Crippen LogP contribution in [0.4, 0.5) is 10.1 Å². The van der Waals surface area contributed by atoms with Crippen LogP contribution in [0.25, 0.3) is 28.2 Å². The number of carbonyl (C=O) groups excluding carboxylic acids is 1. The number of halogens is 1. The van der Waals surface area contributed by atoms with Gasteiger partial charge in [0.05, 0.1) is 24.2 Å². The minimum absolute atomic E-state index is 0.328. The zero-order valence-electron chi connectivity index (χ0n) is 18.9. The highest BCUT2D eigenvalue weighted by Gasteiger charge is 2.17. The van der Waals surface area contributed by atoms with Crippen molar-refractivity contribution in [2.45, 2.75) is 6.92 Å². The largest absolute Gasteiger partial charge is 0.495 e. The summed E-state index contributed by atoms with van der Waals surface area (Å²) in [6, 6.07) is 17.2. The lowest BCUT2D eigenvalue weighted by molar-refractivity contribution is 0.101. The predicted octanol–water partition coefficient (Wildman–Crippen LogP) is 5.11. The van der Waals surface area contributed by atoms with E-state index in [1.807, 2.05) is 48.0 Å². The van der Waals surface area contributed by atoms with E-state index in [1.165, 1.54) is 16.8 Å². The minimum atomic E-state index is -0.343. The van der Waals surface area contributed by atoms with Gasteiger partial charge >= 0.3 is 0 Å². The van der Waals surface area contributed by atoms with Crippen LogP contribution in [0.3, 0.4) is 0 Å². The van der Waals surface area contributed by atoms with Gasteiger partial charge in [-0.15, -0.1) is 0 Å². The number of ether oxygens (including phenoxy) is 1. The van der Waals surface area contributed by atoms with Crippen LogP contribution in [0.5, 0.6) is 5.75 Å². The van der Waals surface area contributed by atoms with Crippen LogP contribution in [-0.4, -0.2) is 32.2 Å². The van der Waals surface area contributed by atoms with Gasteiger partial charge in [0.2, 0.25) is 0 Å². The van der Waals surface area contributed by atoms with E-state index in [-0.39, 0.29) is 11.7 Å². The zero-order chi connectivity index (χ0) is 23.8. The lowest BCUT2D eigenvalue weighted by Gasteiger charge is -2.11. The molecule has 0 radical (unpaired) electrons. The van der Waals surface area contributed by atoms with Gasteiger partial charge in [-0.05, 0) is 73.2 Å². The molecule has 34 heavy (non-hydrogen) atoms. The molecule has 5 aromatic rings. The number of anilines is 1. The lowest BCUT2D eigenvalue weighted by Crippen LogP contribution is -2.16. The summed E-state index contributed by atoms with van der Waals surface area (Å²) in [6.07, 6.45) is 3.91. The molecule has 8 heteroatoms. The fraction of sp³-hybridized carbons (Fsp3) is 0.115. The molecule has 0 unspecified atom stereocenters. The first-order chi connectivity index (χ1) is 16.4. The van der Waals surface area contributed by atoms with Gasteiger partial charge in [-0.2, -0.15) is 5.10 Å². The number of aromatic nitrogens is 4. The molecule has 0 bridgehead atoms. The van der Waals surface area contributed by atoms with Crippen LogP contribution in [0, 0.1) is 12.7 Å². The average Bonchev–Trinajstić information content (AvgIpc) is 3.42. The number of rotatable bonds is 5. The van der Waals surface area contributed by atoms with Crippen molar-refractivity contribution in [1.29, 1.82) is 0 Å². The zero-order valence-corrected chi connectivity index (χ0v) is 18.9. The summed E-state index contributed by atoms with van der Waals surface area (Å²) in [7, 11) is 3.24. The Morgan fingerprint density at radius 1 is 1.00 bits per heavy atom. The molecule has 0 fully saturated rings. The van der Waals surface area contributed by atoms with Crippen LogP contribution in [0.1, 0.15) is 16.1 Å². The molecule has 0 spiro atoms. The van der Waals surface area contributed by atoms with E-state index in [0.29, 0.717) is 22.8 Å². The quantitative estimate of drug-likeness (QED) is 0.400. The SMILES string of the molecule is COc1ccc(-c2cn3ccc(C)cc3n2)cc1NC(=O)c1cc(-c2ccc(F)cc2)nn1C. The average molecular weight is 455 g/mol. The Hall–Kier alpha value is -4.46. The summed E-state index contributed by atoms with van der Waals surface area (Å²) < 4.78 is 22.2. The molecule has 1 N–H and O–H groups in total. The smallest absolute Gasteiger partial charge is 0.274 e. The van der Waals surface area contributed by atoms with E-state index in [4.69, 9.17) is 9.72 Å². The van der Waals surface area contributed by atoms with E-state index in [0.717, 1.165) is 28.0 Å². The molecule has 0 aliphatic carbocycles. The van der Waals surface area contributed by atoms with E-state index in [1.54, 1.807) is 38.4 Å². The Bertz CT molecular complexity index is 1520. The number of aryl methyl sites for hydroxylation is 2. The number of carbonyl (C=O) groups is 1. The molecule has 3 aromatic heterocycles. The van der Waals surface area contributed by atoms with Crippen molar-refractivity contribution in [1.82, 2.24) is 19.2 Å². The maximum Gasteiger partial charge on any atom is 0.274 e. The Morgan fingerprint density at radius 2 is 1.76 bits per heavy atom. The third kappa shape index (κ3) is 4.01. The summed E-state index contributed by atoms with van der Waals surface area (Å²) >= 11 is 0. The second kappa shape index (κ2) is 8.47. The van der Waals surface area contributed by atoms with Crippen molar-refractivity contribution in [2.24, 2.45) is 7.05 Å². The minimum Gasteiger partial charge on any atom is -0.495 e. The molecule has 0 aliphatic heterocycles. The summed E-state index contributed by atoms with van der Waals surface area (Å²) in [4.78, 5) is 17.8. The van der Waals surface area contributed by atoms with Crippen molar-refractivity contribution in [3.05, 3.63) is 90.1 Å². The Labute approximate surface area is 195 Å². The molecular formula is C26H22FN5O2. The molecule has 5 rings (SSSR count). The molecule has 0 aliphatic rings. The molecule has 0 saturated carbocycles. The number of nitrogens with zero attached hydrogens (tertiary/aromatic N) is 4. The molecule has 1 amide bonds. The summed E-state index contributed by atoms with van der Waals surface area (Å²) in [5.74, 6) is -0.146. The van der Waals surface area contributed by atoms with Crippen molar-refractivity contribution in [3.8, 4) is 28.3 Å². The summed E-state index contributed by atoms with van der Waals surface area (Å²) in [6.45, 7) is 2.02. The molecule has 2 aromatic carbocycles. The Balaban J connectivity index is 1.45. The van der Waals surface area contributed by atoms with Gasteiger partial charge in [0.1, 0.15) is 22.9 Å². The Morgan fingerprint density at radius 3 is 2.53 bits per heavy atom. The number of pyridine rings is 1. The van der Waals surface area contributed by atoms with Gasteiger partial charge in [-0.25, -0.2) is 9.37 Å². The molecule has 170 valence electrons.